The molecule has 0 aromatic carbocycles. The number of hydrogen-bond donors (Lipinski definition) is 1. The fourth-order valence-electron chi connectivity index (χ4n) is 0.568. The van der Waals surface area contributed by atoms with Gasteiger partial charge in [-0.05, 0) is 18.8 Å². The molecular formula is C9H18O4S. The zero-order chi connectivity index (χ0) is 11.4. The maximum atomic E-state index is 11.2. The van der Waals surface area contributed by atoms with Gasteiger partial charge in [0.05, 0.1) is 6.61 Å². The number of rotatable bonds is 5. The van der Waals surface area contributed by atoms with E-state index < -0.39 is 22.3 Å². The molecular weight excluding hydrogens is 204 g/mol. The molecule has 0 rings (SSSR count). The van der Waals surface area contributed by atoms with Gasteiger partial charge in [0.1, 0.15) is 0 Å². The minimum atomic E-state index is -2.15. The topological polar surface area (TPSA) is 63.6 Å². The highest BCUT2D eigenvalue weighted by Crippen LogP contribution is 2.19. The van der Waals surface area contributed by atoms with Crippen molar-refractivity contribution < 1.29 is 18.3 Å². The first-order chi connectivity index (χ1) is 6.30. The van der Waals surface area contributed by atoms with Crippen LogP contribution in [-0.2, 0) is 20.6 Å². The van der Waals surface area contributed by atoms with Crippen LogP contribution < -0.4 is 0 Å². The van der Waals surface area contributed by atoms with Gasteiger partial charge in [0.2, 0.25) is 0 Å². The summed E-state index contributed by atoms with van der Waals surface area (Å²) in [5, 5.41) is -0.970. The number of ether oxygens (including phenoxy) is 1. The van der Waals surface area contributed by atoms with E-state index in [-0.39, 0.29) is 12.0 Å². The minimum absolute atomic E-state index is 0.0771. The predicted molar refractivity (Wildman–Crippen MR) is 55.3 cm³/mol. The SMILES string of the molecule is CCC(C)(C)COC(=O)C(C)S(=O)O. The van der Waals surface area contributed by atoms with Crippen LogP contribution in [0.1, 0.15) is 34.1 Å². The van der Waals surface area contributed by atoms with Crippen LogP contribution in [-0.4, -0.2) is 26.6 Å². The number of hydrogen-bond acceptors (Lipinski definition) is 3. The van der Waals surface area contributed by atoms with Gasteiger partial charge in [-0.3, -0.25) is 4.79 Å². The Balaban J connectivity index is 4.03. The first-order valence-electron chi connectivity index (χ1n) is 4.56. The molecule has 2 unspecified atom stereocenters. The molecule has 0 amide bonds. The second-order valence-corrected chi connectivity index (χ2v) is 5.30. The van der Waals surface area contributed by atoms with Crippen molar-refractivity contribution in [2.45, 2.75) is 39.4 Å². The maximum Gasteiger partial charge on any atom is 0.323 e. The first-order valence-corrected chi connectivity index (χ1v) is 5.73. The highest BCUT2D eigenvalue weighted by Gasteiger charge is 2.23. The van der Waals surface area contributed by atoms with Crippen molar-refractivity contribution in [2.24, 2.45) is 5.41 Å². The monoisotopic (exact) mass is 222 g/mol. The number of esters is 1. The lowest BCUT2D eigenvalue weighted by Crippen LogP contribution is -2.29. The fraction of sp³-hybridized carbons (Fsp3) is 0.889. The molecule has 0 saturated carbocycles. The molecule has 84 valence electrons. The molecule has 0 heterocycles. The Kier molecular flexibility index (Phi) is 5.29. The maximum absolute atomic E-state index is 11.2. The van der Waals surface area contributed by atoms with E-state index in [4.69, 9.17) is 9.29 Å². The van der Waals surface area contributed by atoms with Crippen molar-refractivity contribution in [1.29, 1.82) is 0 Å². The Morgan fingerprint density at radius 1 is 1.57 bits per heavy atom. The number of carbonyl (C=O) groups is 1. The Hall–Kier alpha value is -0.420. The smallest absolute Gasteiger partial charge is 0.323 e. The van der Waals surface area contributed by atoms with E-state index in [0.717, 1.165) is 6.42 Å². The Bertz CT molecular complexity index is 225. The average Bonchev–Trinajstić information content (AvgIpc) is 2.13. The van der Waals surface area contributed by atoms with Crippen molar-refractivity contribution in [3.8, 4) is 0 Å². The summed E-state index contributed by atoms with van der Waals surface area (Å²) < 4.78 is 24.1. The molecule has 0 aromatic rings. The summed E-state index contributed by atoms with van der Waals surface area (Å²) in [4.78, 5) is 11.2. The summed E-state index contributed by atoms with van der Waals surface area (Å²) in [7, 11) is 0. The quantitative estimate of drug-likeness (QED) is 0.566. The van der Waals surface area contributed by atoms with Crippen molar-refractivity contribution in [1.82, 2.24) is 0 Å². The van der Waals surface area contributed by atoms with Crippen molar-refractivity contribution in [3.05, 3.63) is 0 Å². The summed E-state index contributed by atoms with van der Waals surface area (Å²) in [6.07, 6.45) is 0.886. The summed E-state index contributed by atoms with van der Waals surface area (Å²) >= 11 is -2.15. The molecule has 1 N–H and O–H groups in total. The van der Waals surface area contributed by atoms with E-state index in [1.165, 1.54) is 6.92 Å². The Labute approximate surface area is 87.3 Å². The van der Waals surface area contributed by atoms with Gasteiger partial charge >= 0.3 is 5.97 Å². The second kappa shape index (κ2) is 5.46. The highest BCUT2D eigenvalue weighted by atomic mass is 32.2. The van der Waals surface area contributed by atoms with E-state index in [1.807, 2.05) is 20.8 Å². The fourth-order valence-corrected chi connectivity index (χ4v) is 0.801. The third kappa shape index (κ3) is 4.72. The summed E-state index contributed by atoms with van der Waals surface area (Å²) in [6, 6.07) is 0. The van der Waals surface area contributed by atoms with Crippen LogP contribution in [0, 0.1) is 5.41 Å². The second-order valence-electron chi connectivity index (χ2n) is 4.04. The van der Waals surface area contributed by atoms with Gasteiger partial charge in [-0.25, -0.2) is 4.21 Å². The largest absolute Gasteiger partial charge is 0.464 e. The van der Waals surface area contributed by atoms with Crippen LogP contribution in [0.4, 0.5) is 0 Å². The lowest BCUT2D eigenvalue weighted by Gasteiger charge is -2.22. The third-order valence-corrected chi connectivity index (χ3v) is 2.99. The summed E-state index contributed by atoms with van der Waals surface area (Å²) in [5.74, 6) is -0.618. The lowest BCUT2D eigenvalue weighted by molar-refractivity contribution is -0.145. The molecule has 0 aromatic heterocycles. The van der Waals surface area contributed by atoms with E-state index >= 15 is 0 Å². The average molecular weight is 222 g/mol. The Morgan fingerprint density at radius 3 is 2.43 bits per heavy atom. The van der Waals surface area contributed by atoms with E-state index in [9.17, 15) is 9.00 Å². The number of carbonyl (C=O) groups excluding carboxylic acids is 1. The van der Waals surface area contributed by atoms with Crippen molar-refractivity contribution >= 4 is 17.0 Å². The molecule has 0 aliphatic heterocycles. The summed E-state index contributed by atoms with van der Waals surface area (Å²) in [6.45, 7) is 7.60. The van der Waals surface area contributed by atoms with Gasteiger partial charge in [0.25, 0.3) is 0 Å². The molecule has 0 saturated heterocycles. The van der Waals surface area contributed by atoms with E-state index in [0.29, 0.717) is 0 Å². The zero-order valence-corrected chi connectivity index (χ0v) is 9.89. The van der Waals surface area contributed by atoms with Crippen molar-refractivity contribution in [2.75, 3.05) is 6.61 Å². The molecule has 14 heavy (non-hydrogen) atoms. The zero-order valence-electron chi connectivity index (χ0n) is 9.07. The molecule has 0 aliphatic rings. The third-order valence-electron chi connectivity index (χ3n) is 2.20. The molecule has 0 aliphatic carbocycles. The van der Waals surface area contributed by atoms with Crippen LogP contribution in [0.5, 0.6) is 0 Å². The van der Waals surface area contributed by atoms with Crippen molar-refractivity contribution in [3.63, 3.8) is 0 Å². The van der Waals surface area contributed by atoms with Gasteiger partial charge in [0, 0.05) is 0 Å². The first kappa shape index (κ1) is 13.6. The molecule has 0 spiro atoms. The molecule has 0 radical (unpaired) electrons. The van der Waals surface area contributed by atoms with Crippen LogP contribution >= 0.6 is 0 Å². The van der Waals surface area contributed by atoms with Gasteiger partial charge in [0.15, 0.2) is 16.3 Å². The van der Waals surface area contributed by atoms with Crippen LogP contribution in [0.2, 0.25) is 0 Å². The normalized spacial score (nSPS) is 16.1. The molecule has 2 atom stereocenters. The van der Waals surface area contributed by atoms with E-state index in [1.54, 1.807) is 0 Å². The summed E-state index contributed by atoms with van der Waals surface area (Å²) in [5.41, 5.74) is -0.0771. The molecule has 5 heteroatoms. The van der Waals surface area contributed by atoms with Gasteiger partial charge in [-0.1, -0.05) is 20.8 Å². The molecule has 4 nitrogen and oxygen atoms in total. The van der Waals surface area contributed by atoms with E-state index in [2.05, 4.69) is 0 Å². The highest BCUT2D eigenvalue weighted by molar-refractivity contribution is 7.80. The minimum Gasteiger partial charge on any atom is -0.464 e. The lowest BCUT2D eigenvalue weighted by atomic mass is 9.92. The van der Waals surface area contributed by atoms with Gasteiger partial charge in [-0.15, -0.1) is 0 Å². The predicted octanol–water partition coefficient (Wildman–Crippen LogP) is 1.58. The Morgan fingerprint density at radius 2 is 2.07 bits per heavy atom. The van der Waals surface area contributed by atoms with Gasteiger partial charge in [-0.2, -0.15) is 0 Å². The standard InChI is InChI=1S/C9H18O4S/c1-5-9(3,4)6-13-8(10)7(2)14(11)12/h7H,5-6H2,1-4H3,(H,11,12). The van der Waals surface area contributed by atoms with Crippen LogP contribution in [0.3, 0.4) is 0 Å². The van der Waals surface area contributed by atoms with Crippen LogP contribution in [0.25, 0.3) is 0 Å². The molecule has 0 bridgehead atoms. The van der Waals surface area contributed by atoms with Gasteiger partial charge < -0.3 is 9.29 Å². The van der Waals surface area contributed by atoms with Crippen LogP contribution in [0.15, 0.2) is 0 Å². The molecule has 0 fully saturated rings.